The number of carbonyl (C=O) groups excluding carboxylic acids is 1. The zero-order valence-corrected chi connectivity index (χ0v) is 12.0. The van der Waals surface area contributed by atoms with E-state index >= 15 is 0 Å². The van der Waals surface area contributed by atoms with Crippen molar-refractivity contribution in [1.29, 1.82) is 0 Å². The molecule has 0 heterocycles. The van der Waals surface area contributed by atoms with Crippen molar-refractivity contribution in [3.63, 3.8) is 0 Å². The van der Waals surface area contributed by atoms with E-state index in [9.17, 15) is 4.79 Å². The summed E-state index contributed by atoms with van der Waals surface area (Å²) >= 11 is 0. The Hall–Kier alpha value is -1.41. The summed E-state index contributed by atoms with van der Waals surface area (Å²) in [7, 11) is 0. The maximum atomic E-state index is 12.1. The van der Waals surface area contributed by atoms with Crippen LogP contribution in [0.5, 0.6) is 0 Å². The van der Waals surface area contributed by atoms with Crippen LogP contribution in [0, 0.1) is 5.92 Å². The van der Waals surface area contributed by atoms with Crippen LogP contribution < -0.4 is 5.73 Å². The highest BCUT2D eigenvalue weighted by Crippen LogP contribution is 2.23. The van der Waals surface area contributed by atoms with Gasteiger partial charge in [0.25, 0.3) is 0 Å². The number of allylic oxidation sites excluding steroid dienone is 1. The summed E-state index contributed by atoms with van der Waals surface area (Å²) in [4.78, 5) is 12.1. The first-order valence-electron chi connectivity index (χ1n) is 6.92. The second kappa shape index (κ2) is 5.30. The van der Waals surface area contributed by atoms with Gasteiger partial charge >= 0.3 is 0 Å². The second-order valence-corrected chi connectivity index (χ2v) is 6.48. The van der Waals surface area contributed by atoms with E-state index < -0.39 is 0 Å². The summed E-state index contributed by atoms with van der Waals surface area (Å²) in [6, 6.07) is 8.43. The highest BCUT2D eigenvalue weighted by molar-refractivity contribution is 5.85. The molecule has 2 atom stereocenters. The maximum absolute atomic E-state index is 12.1. The average molecular weight is 257 g/mol. The molecular weight excluding hydrogens is 234 g/mol. The highest BCUT2D eigenvalue weighted by Gasteiger charge is 2.22. The number of rotatable bonds is 3. The first-order chi connectivity index (χ1) is 8.86. The summed E-state index contributed by atoms with van der Waals surface area (Å²) in [5.41, 5.74) is 8.33. The van der Waals surface area contributed by atoms with Crippen molar-refractivity contribution in [3.05, 3.63) is 47.5 Å². The summed E-state index contributed by atoms with van der Waals surface area (Å²) in [6.07, 6.45) is 5.16. The molecule has 2 N–H and O–H groups in total. The van der Waals surface area contributed by atoms with Gasteiger partial charge in [-0.15, -0.1) is 0 Å². The molecule has 0 aromatic heterocycles. The van der Waals surface area contributed by atoms with Crippen LogP contribution in [0.3, 0.4) is 0 Å². The first kappa shape index (κ1) is 14.0. The fourth-order valence-electron chi connectivity index (χ4n) is 2.42. The summed E-state index contributed by atoms with van der Waals surface area (Å²) < 4.78 is 0. The number of hydrogen-bond acceptors (Lipinski definition) is 2. The molecule has 0 amide bonds. The van der Waals surface area contributed by atoms with E-state index in [1.54, 1.807) is 0 Å². The van der Waals surface area contributed by atoms with Gasteiger partial charge in [0.2, 0.25) is 0 Å². The van der Waals surface area contributed by atoms with Gasteiger partial charge in [-0.05, 0) is 23.0 Å². The van der Waals surface area contributed by atoms with Crippen molar-refractivity contribution in [2.75, 3.05) is 0 Å². The van der Waals surface area contributed by atoms with Crippen LogP contribution in [0.4, 0.5) is 0 Å². The molecule has 1 aliphatic carbocycles. The third-order valence-corrected chi connectivity index (χ3v) is 3.73. The van der Waals surface area contributed by atoms with Crippen molar-refractivity contribution < 1.29 is 4.79 Å². The van der Waals surface area contributed by atoms with E-state index in [-0.39, 0.29) is 23.2 Å². The third kappa shape index (κ3) is 3.54. The molecule has 0 saturated carbocycles. The molecule has 0 aliphatic heterocycles. The Morgan fingerprint density at radius 2 is 1.84 bits per heavy atom. The van der Waals surface area contributed by atoms with E-state index in [1.807, 2.05) is 12.2 Å². The highest BCUT2D eigenvalue weighted by atomic mass is 16.1. The van der Waals surface area contributed by atoms with Gasteiger partial charge in [0.1, 0.15) is 5.78 Å². The van der Waals surface area contributed by atoms with Crippen LogP contribution in [0.15, 0.2) is 36.4 Å². The van der Waals surface area contributed by atoms with Gasteiger partial charge < -0.3 is 5.73 Å². The Labute approximate surface area is 115 Å². The Morgan fingerprint density at radius 1 is 1.21 bits per heavy atom. The third-order valence-electron chi connectivity index (χ3n) is 3.73. The van der Waals surface area contributed by atoms with Gasteiger partial charge in [0.15, 0.2) is 0 Å². The maximum Gasteiger partial charge on any atom is 0.144 e. The molecule has 0 radical (unpaired) electrons. The lowest BCUT2D eigenvalue weighted by molar-refractivity contribution is -0.120. The topological polar surface area (TPSA) is 43.1 Å². The Kier molecular flexibility index (Phi) is 3.91. The van der Waals surface area contributed by atoms with Gasteiger partial charge in [-0.3, -0.25) is 4.79 Å². The molecule has 2 rings (SSSR count). The lowest BCUT2D eigenvalue weighted by Gasteiger charge is -2.19. The van der Waals surface area contributed by atoms with E-state index in [0.717, 1.165) is 12.0 Å². The zero-order chi connectivity index (χ0) is 14.0. The molecule has 102 valence electrons. The molecule has 0 saturated heterocycles. The molecule has 2 heteroatoms. The van der Waals surface area contributed by atoms with E-state index in [0.29, 0.717) is 6.42 Å². The lowest BCUT2D eigenvalue weighted by atomic mass is 9.86. The first-order valence-corrected chi connectivity index (χ1v) is 6.92. The monoisotopic (exact) mass is 257 g/mol. The summed E-state index contributed by atoms with van der Waals surface area (Å²) in [5.74, 6) is 0.282. The SMILES string of the molecule is CC(C)(C)c1ccc(CC(=O)C2C=CC(N)C2)cc1. The van der Waals surface area contributed by atoms with Gasteiger partial charge in [0, 0.05) is 18.4 Å². The molecular formula is C17H23NO. The smallest absolute Gasteiger partial charge is 0.144 e. The fourth-order valence-corrected chi connectivity index (χ4v) is 2.42. The van der Waals surface area contributed by atoms with E-state index in [4.69, 9.17) is 5.73 Å². The van der Waals surface area contributed by atoms with Crippen LogP contribution in [0.1, 0.15) is 38.3 Å². The molecule has 1 aromatic carbocycles. The molecule has 0 spiro atoms. The number of carbonyl (C=O) groups is 1. The van der Waals surface area contributed by atoms with Crippen LogP contribution >= 0.6 is 0 Å². The predicted octanol–water partition coefficient (Wildman–Crippen LogP) is 3.00. The minimum Gasteiger partial charge on any atom is -0.324 e. The van der Waals surface area contributed by atoms with E-state index in [1.165, 1.54) is 5.56 Å². The van der Waals surface area contributed by atoms with Gasteiger partial charge in [-0.1, -0.05) is 57.2 Å². The van der Waals surface area contributed by atoms with Crippen molar-refractivity contribution in [2.45, 2.75) is 45.1 Å². The molecule has 2 unspecified atom stereocenters. The summed E-state index contributed by atoms with van der Waals surface area (Å²) in [6.45, 7) is 6.58. The van der Waals surface area contributed by atoms with E-state index in [2.05, 4.69) is 45.0 Å². The number of hydrogen-bond donors (Lipinski definition) is 1. The Bertz CT molecular complexity index is 479. The average Bonchev–Trinajstić information content (AvgIpc) is 2.75. The quantitative estimate of drug-likeness (QED) is 0.846. The van der Waals surface area contributed by atoms with Crippen LogP contribution in [0.2, 0.25) is 0 Å². The molecule has 19 heavy (non-hydrogen) atoms. The number of nitrogens with two attached hydrogens (primary N) is 1. The van der Waals surface area contributed by atoms with Crippen LogP contribution in [-0.2, 0) is 16.6 Å². The van der Waals surface area contributed by atoms with Crippen LogP contribution in [-0.4, -0.2) is 11.8 Å². The lowest BCUT2D eigenvalue weighted by Crippen LogP contribution is -2.20. The molecule has 0 fully saturated rings. The number of benzene rings is 1. The standard InChI is InChI=1S/C17H23NO/c1-17(2,3)14-7-4-12(5-8-14)10-16(19)13-6-9-15(18)11-13/h4-9,13,15H,10-11,18H2,1-3H3. The zero-order valence-electron chi connectivity index (χ0n) is 12.0. The Balaban J connectivity index is 2.00. The van der Waals surface area contributed by atoms with Gasteiger partial charge in [-0.25, -0.2) is 0 Å². The van der Waals surface area contributed by atoms with Crippen molar-refractivity contribution >= 4 is 5.78 Å². The van der Waals surface area contributed by atoms with Crippen molar-refractivity contribution in [3.8, 4) is 0 Å². The van der Waals surface area contributed by atoms with Gasteiger partial charge in [0.05, 0.1) is 0 Å². The van der Waals surface area contributed by atoms with Gasteiger partial charge in [-0.2, -0.15) is 0 Å². The minimum atomic E-state index is 0.0114. The molecule has 1 aromatic rings. The number of ketones is 1. The Morgan fingerprint density at radius 3 is 2.32 bits per heavy atom. The van der Waals surface area contributed by atoms with Crippen molar-refractivity contribution in [2.24, 2.45) is 11.7 Å². The number of Topliss-reactive ketones (excluding diaryl/α,β-unsaturated/α-hetero) is 1. The fraction of sp³-hybridized carbons (Fsp3) is 0.471. The normalized spacial score (nSPS) is 22.7. The molecule has 0 bridgehead atoms. The molecule has 2 nitrogen and oxygen atoms in total. The van der Waals surface area contributed by atoms with Crippen molar-refractivity contribution in [1.82, 2.24) is 0 Å². The summed E-state index contributed by atoms with van der Waals surface area (Å²) in [5, 5.41) is 0. The predicted molar refractivity (Wildman–Crippen MR) is 79.1 cm³/mol. The molecule has 1 aliphatic rings. The second-order valence-electron chi connectivity index (χ2n) is 6.48. The minimum absolute atomic E-state index is 0.0114. The largest absolute Gasteiger partial charge is 0.324 e. The van der Waals surface area contributed by atoms with Crippen LogP contribution in [0.25, 0.3) is 0 Å².